The molecule has 2 aromatic carbocycles. The summed E-state index contributed by atoms with van der Waals surface area (Å²) < 4.78 is 84.0. The van der Waals surface area contributed by atoms with Crippen LogP contribution in [-0.4, -0.2) is 55.1 Å². The zero-order chi connectivity index (χ0) is 30.8. The number of hydrogen-bond donors (Lipinski definition) is 2. The zero-order valence-corrected chi connectivity index (χ0v) is 22.4. The van der Waals surface area contributed by atoms with Crippen molar-refractivity contribution in [1.82, 2.24) is 5.32 Å². The Balaban J connectivity index is 1.75. The van der Waals surface area contributed by atoms with Crippen LogP contribution in [0.1, 0.15) is 42.4 Å². The van der Waals surface area contributed by atoms with Gasteiger partial charge in [-0.05, 0) is 31.9 Å². The largest absolute Gasteiger partial charge is 0.490 e. The Labute approximate surface area is 236 Å². The van der Waals surface area contributed by atoms with Gasteiger partial charge >= 0.3 is 12.4 Å². The molecule has 8 nitrogen and oxygen atoms in total. The van der Waals surface area contributed by atoms with Crippen LogP contribution in [0.3, 0.4) is 0 Å². The van der Waals surface area contributed by atoms with Crippen LogP contribution in [0, 0.1) is 18.8 Å². The van der Waals surface area contributed by atoms with Crippen LogP contribution in [0.15, 0.2) is 47.5 Å². The molecule has 0 spiro atoms. The number of anilines is 1. The molecule has 14 heteroatoms. The zero-order valence-electron chi connectivity index (χ0n) is 22.4. The molecule has 3 atom stereocenters. The summed E-state index contributed by atoms with van der Waals surface area (Å²) in [5.74, 6) is -6.73. The van der Waals surface area contributed by atoms with Gasteiger partial charge in [0.05, 0.1) is 17.9 Å². The van der Waals surface area contributed by atoms with Crippen LogP contribution >= 0.6 is 0 Å². The molecule has 0 bridgehead atoms. The van der Waals surface area contributed by atoms with Gasteiger partial charge in [-0.25, -0.2) is 4.99 Å². The molecule has 226 valence electrons. The van der Waals surface area contributed by atoms with E-state index in [4.69, 9.17) is 10.5 Å². The molecule has 3 unspecified atom stereocenters. The van der Waals surface area contributed by atoms with E-state index in [0.29, 0.717) is 22.6 Å². The van der Waals surface area contributed by atoms with Crippen molar-refractivity contribution in [3.05, 3.63) is 59.2 Å². The number of halogens is 6. The normalized spacial score (nSPS) is 18.3. The van der Waals surface area contributed by atoms with E-state index >= 15 is 0 Å². The standard InChI is InChI=1S/C28H28F6N4O4/c1-15-4-2-5-16(14-15)21-19-6-3-7-20-22(19)38(12-13-42-20)26(41)24(36-21)37-25(40)18(9-11-28(32,33)34)17(23(35)39)8-10-27(29,30)31/h2-7,14,17-18,24H,8-13H2,1H3,(H2,35,39)(H,37,40). The van der Waals surface area contributed by atoms with E-state index in [1.54, 1.807) is 36.4 Å². The number of benzene rings is 2. The number of hydrogen-bond acceptors (Lipinski definition) is 5. The third-order valence-electron chi connectivity index (χ3n) is 7.09. The number of carbonyl (C=O) groups excluding carboxylic acids is 3. The summed E-state index contributed by atoms with van der Waals surface area (Å²) in [5, 5.41) is 2.32. The lowest BCUT2D eigenvalue weighted by molar-refractivity contribution is -0.152. The minimum Gasteiger partial charge on any atom is -0.490 e. The molecule has 3 N–H and O–H groups in total. The lowest BCUT2D eigenvalue weighted by Crippen LogP contribution is -2.52. The lowest BCUT2D eigenvalue weighted by Gasteiger charge is -2.31. The molecule has 42 heavy (non-hydrogen) atoms. The number of nitrogens with one attached hydrogen (secondary N) is 1. The van der Waals surface area contributed by atoms with E-state index in [0.717, 1.165) is 5.56 Å². The summed E-state index contributed by atoms with van der Waals surface area (Å²) in [6, 6.07) is 12.1. The Hall–Kier alpha value is -4.10. The monoisotopic (exact) mass is 598 g/mol. The summed E-state index contributed by atoms with van der Waals surface area (Å²) in [4.78, 5) is 45.2. The number of amides is 3. The first-order valence-electron chi connectivity index (χ1n) is 13.1. The Morgan fingerprint density at radius 1 is 1.05 bits per heavy atom. The molecule has 2 aliphatic rings. The van der Waals surface area contributed by atoms with Crippen molar-refractivity contribution in [3.63, 3.8) is 0 Å². The number of nitrogens with two attached hydrogens (primary N) is 1. The first kappa shape index (κ1) is 30.8. The lowest BCUT2D eigenvalue weighted by atomic mass is 9.83. The van der Waals surface area contributed by atoms with Crippen molar-refractivity contribution in [2.45, 2.75) is 51.1 Å². The first-order chi connectivity index (χ1) is 19.6. The molecule has 4 rings (SSSR count). The van der Waals surface area contributed by atoms with Gasteiger partial charge in [0.15, 0.2) is 0 Å². The number of nitrogens with zero attached hydrogens (tertiary/aromatic N) is 2. The molecule has 0 radical (unpaired) electrons. The van der Waals surface area contributed by atoms with Crippen LogP contribution in [0.25, 0.3) is 0 Å². The molecule has 2 aliphatic heterocycles. The predicted molar refractivity (Wildman–Crippen MR) is 140 cm³/mol. The number of rotatable bonds is 9. The van der Waals surface area contributed by atoms with Gasteiger partial charge in [0.1, 0.15) is 12.4 Å². The fourth-order valence-corrected chi connectivity index (χ4v) is 5.14. The summed E-state index contributed by atoms with van der Waals surface area (Å²) in [6.07, 6.45) is -16.3. The molecule has 0 saturated carbocycles. The Kier molecular flexibility index (Phi) is 8.83. The minimum absolute atomic E-state index is 0.0683. The third kappa shape index (κ3) is 7.21. The first-order valence-corrected chi connectivity index (χ1v) is 13.1. The van der Waals surface area contributed by atoms with E-state index in [9.17, 15) is 40.7 Å². The number of para-hydroxylation sites is 1. The summed E-state index contributed by atoms with van der Waals surface area (Å²) >= 11 is 0. The topological polar surface area (TPSA) is 114 Å². The van der Waals surface area contributed by atoms with Crippen LogP contribution in [0.4, 0.5) is 32.0 Å². The third-order valence-corrected chi connectivity index (χ3v) is 7.09. The van der Waals surface area contributed by atoms with Crippen molar-refractivity contribution < 1.29 is 45.5 Å². The molecule has 0 aliphatic carbocycles. The maximum absolute atomic E-state index is 13.7. The van der Waals surface area contributed by atoms with Gasteiger partial charge in [-0.3, -0.25) is 14.4 Å². The summed E-state index contributed by atoms with van der Waals surface area (Å²) in [6.45, 7) is 2.01. The van der Waals surface area contributed by atoms with Gasteiger partial charge < -0.3 is 20.7 Å². The molecular weight excluding hydrogens is 570 g/mol. The van der Waals surface area contributed by atoms with E-state index in [1.165, 1.54) is 4.90 Å². The van der Waals surface area contributed by atoms with Gasteiger partial charge in [-0.15, -0.1) is 0 Å². The molecule has 2 aromatic rings. The van der Waals surface area contributed by atoms with Gasteiger partial charge in [-0.1, -0.05) is 35.9 Å². The fourth-order valence-electron chi connectivity index (χ4n) is 5.14. The van der Waals surface area contributed by atoms with Gasteiger partial charge in [0, 0.05) is 35.8 Å². The number of primary amides is 1. The summed E-state index contributed by atoms with van der Waals surface area (Å²) in [5.41, 5.74) is 7.86. The molecule has 2 heterocycles. The van der Waals surface area contributed by atoms with Crippen LogP contribution in [0.5, 0.6) is 5.75 Å². The van der Waals surface area contributed by atoms with Gasteiger partial charge in [0.25, 0.3) is 5.91 Å². The van der Waals surface area contributed by atoms with Crippen LogP contribution in [0.2, 0.25) is 0 Å². The van der Waals surface area contributed by atoms with Crippen LogP contribution in [-0.2, 0) is 14.4 Å². The van der Waals surface area contributed by atoms with E-state index in [2.05, 4.69) is 10.3 Å². The van der Waals surface area contributed by atoms with E-state index in [-0.39, 0.29) is 18.9 Å². The average molecular weight is 599 g/mol. The van der Waals surface area contributed by atoms with Crippen molar-refractivity contribution in [2.75, 3.05) is 18.1 Å². The second-order valence-electron chi connectivity index (χ2n) is 10.2. The van der Waals surface area contributed by atoms with E-state index < -0.39 is 73.8 Å². The van der Waals surface area contributed by atoms with E-state index in [1.807, 2.05) is 13.0 Å². The molecule has 0 fully saturated rings. The van der Waals surface area contributed by atoms with Crippen molar-refractivity contribution in [2.24, 2.45) is 22.6 Å². The molecular formula is C28H28F6N4O4. The fraction of sp³-hybridized carbons (Fsp3) is 0.429. The highest BCUT2D eigenvalue weighted by molar-refractivity contribution is 6.21. The smallest absolute Gasteiger partial charge is 0.389 e. The molecule has 0 aromatic heterocycles. The Bertz CT molecular complexity index is 1390. The number of carbonyl (C=O) groups is 3. The quantitative estimate of drug-likeness (QED) is 0.416. The highest BCUT2D eigenvalue weighted by atomic mass is 19.4. The van der Waals surface area contributed by atoms with Crippen LogP contribution < -0.4 is 20.7 Å². The molecule has 0 saturated heterocycles. The predicted octanol–water partition coefficient (Wildman–Crippen LogP) is 4.42. The maximum atomic E-state index is 13.7. The highest BCUT2D eigenvalue weighted by Gasteiger charge is 2.42. The second kappa shape index (κ2) is 12.0. The second-order valence-corrected chi connectivity index (χ2v) is 10.2. The van der Waals surface area contributed by atoms with Crippen molar-refractivity contribution in [3.8, 4) is 5.75 Å². The Morgan fingerprint density at radius 3 is 2.31 bits per heavy atom. The minimum atomic E-state index is -4.77. The number of aryl methyl sites for hydroxylation is 1. The van der Waals surface area contributed by atoms with Gasteiger partial charge in [-0.2, -0.15) is 26.3 Å². The molecule has 3 amide bonds. The highest BCUT2D eigenvalue weighted by Crippen LogP contribution is 2.39. The Morgan fingerprint density at radius 2 is 1.69 bits per heavy atom. The van der Waals surface area contributed by atoms with Crippen molar-refractivity contribution in [1.29, 1.82) is 0 Å². The SMILES string of the molecule is Cc1cccc(C2=NC(NC(=O)C(CCC(F)(F)F)C(CCC(F)(F)F)C(N)=O)C(=O)N3CCOc4cccc2c43)c1. The summed E-state index contributed by atoms with van der Waals surface area (Å²) in [7, 11) is 0. The average Bonchev–Trinajstić information content (AvgIpc) is 3.01. The number of aliphatic imine (C=N–C) groups is 1. The maximum Gasteiger partial charge on any atom is 0.389 e. The number of ether oxygens (including phenoxy) is 1. The van der Waals surface area contributed by atoms with Crippen molar-refractivity contribution >= 4 is 29.1 Å². The van der Waals surface area contributed by atoms with Gasteiger partial charge in [0.2, 0.25) is 18.0 Å². The number of alkyl halides is 6.